The smallest absolute Gasteiger partial charge is 0.338 e. The Morgan fingerprint density at radius 2 is 1.60 bits per heavy atom. The quantitative estimate of drug-likeness (QED) is 0.193. The van der Waals surface area contributed by atoms with Gasteiger partial charge in [0, 0.05) is 25.0 Å². The summed E-state index contributed by atoms with van der Waals surface area (Å²) < 4.78 is 38.2. The normalized spacial score (nSPS) is 26.6. The highest BCUT2D eigenvalue weighted by atomic mass is 16.8. The molecule has 3 fully saturated rings. The first-order chi connectivity index (χ1) is 20.5. The Hall–Kier alpha value is -3.83. The number of hydrogen-bond donors (Lipinski definition) is 0. The first-order valence-corrected chi connectivity index (χ1v) is 14.3. The van der Waals surface area contributed by atoms with Crippen LogP contribution in [0.3, 0.4) is 0 Å². The van der Waals surface area contributed by atoms with Crippen molar-refractivity contribution in [1.82, 2.24) is 0 Å². The first-order valence-electron chi connectivity index (χ1n) is 14.3. The van der Waals surface area contributed by atoms with Gasteiger partial charge in [0.2, 0.25) is 6.29 Å². The van der Waals surface area contributed by atoms with E-state index in [1.165, 1.54) is 24.3 Å². The zero-order chi connectivity index (χ0) is 28.9. The number of ether oxygens (including phenoxy) is 6. The van der Waals surface area contributed by atoms with Crippen LogP contribution in [0, 0.1) is 10.1 Å². The van der Waals surface area contributed by atoms with Crippen LogP contribution in [0.2, 0.25) is 0 Å². The van der Waals surface area contributed by atoms with E-state index in [1.807, 2.05) is 36.4 Å². The van der Waals surface area contributed by atoms with Crippen LogP contribution in [-0.2, 0) is 30.3 Å². The third-order valence-electron chi connectivity index (χ3n) is 7.91. The highest BCUT2D eigenvalue weighted by Gasteiger charge is 2.56. The van der Waals surface area contributed by atoms with Gasteiger partial charge in [0.15, 0.2) is 18.0 Å². The third kappa shape index (κ3) is 6.32. The van der Waals surface area contributed by atoms with Crippen LogP contribution in [0.1, 0.15) is 48.0 Å². The SMILES string of the molecule is O=C(O[C@@H]1[C@H](OCc2ccccc2)[C@H](Oc2ccc([N+](=O)[O-])cc2)O[C@@H]2COC3(CCCCC3)O[C@@H]12)c1ccccc1. The molecule has 0 bridgehead atoms. The second-order valence-electron chi connectivity index (χ2n) is 10.8. The first kappa shape index (κ1) is 28.3. The molecule has 6 rings (SSSR count). The highest BCUT2D eigenvalue weighted by molar-refractivity contribution is 5.89. The van der Waals surface area contributed by atoms with Crippen LogP contribution < -0.4 is 4.74 Å². The molecule has 2 heterocycles. The second kappa shape index (κ2) is 12.6. The molecule has 42 heavy (non-hydrogen) atoms. The van der Waals surface area contributed by atoms with Gasteiger partial charge in [-0.3, -0.25) is 10.1 Å². The number of esters is 1. The van der Waals surface area contributed by atoms with E-state index in [0.717, 1.165) is 37.7 Å². The summed E-state index contributed by atoms with van der Waals surface area (Å²) in [4.78, 5) is 24.1. The molecular formula is C32H33NO9. The van der Waals surface area contributed by atoms with E-state index < -0.39 is 47.4 Å². The Morgan fingerprint density at radius 3 is 2.29 bits per heavy atom. The Kier molecular flexibility index (Phi) is 8.48. The van der Waals surface area contributed by atoms with Crippen LogP contribution in [-0.4, -0.2) is 54.0 Å². The van der Waals surface area contributed by atoms with Crippen molar-refractivity contribution in [3.05, 3.63) is 106 Å². The molecule has 5 atom stereocenters. The Bertz CT molecular complexity index is 1350. The van der Waals surface area contributed by atoms with Gasteiger partial charge in [-0.1, -0.05) is 55.0 Å². The number of nitro groups is 1. The number of non-ortho nitro benzene ring substituents is 1. The molecule has 1 saturated carbocycles. The van der Waals surface area contributed by atoms with Gasteiger partial charge in [0.25, 0.3) is 5.69 Å². The van der Waals surface area contributed by atoms with Crippen molar-refractivity contribution in [1.29, 1.82) is 0 Å². The van der Waals surface area contributed by atoms with Crippen molar-refractivity contribution in [3.8, 4) is 5.75 Å². The van der Waals surface area contributed by atoms with E-state index in [2.05, 4.69) is 0 Å². The number of rotatable bonds is 8. The zero-order valence-corrected chi connectivity index (χ0v) is 23.0. The van der Waals surface area contributed by atoms with Gasteiger partial charge in [-0.15, -0.1) is 0 Å². The lowest BCUT2D eigenvalue weighted by molar-refractivity contribution is -0.391. The molecule has 1 spiro atoms. The molecule has 0 unspecified atom stereocenters. The molecule has 0 aromatic heterocycles. The maximum atomic E-state index is 13.4. The maximum Gasteiger partial charge on any atom is 0.338 e. The van der Waals surface area contributed by atoms with E-state index in [1.54, 1.807) is 24.3 Å². The number of nitro benzene ring substituents is 1. The molecule has 10 heteroatoms. The van der Waals surface area contributed by atoms with Crippen LogP contribution in [0.15, 0.2) is 84.9 Å². The van der Waals surface area contributed by atoms with Gasteiger partial charge in [0.05, 0.1) is 23.7 Å². The summed E-state index contributed by atoms with van der Waals surface area (Å²) in [6, 6.07) is 24.1. The van der Waals surface area contributed by atoms with E-state index in [9.17, 15) is 14.9 Å². The summed E-state index contributed by atoms with van der Waals surface area (Å²) in [7, 11) is 0. The van der Waals surface area contributed by atoms with Gasteiger partial charge in [-0.05, 0) is 42.7 Å². The van der Waals surface area contributed by atoms with Crippen molar-refractivity contribution < 1.29 is 38.1 Å². The van der Waals surface area contributed by atoms with Crippen molar-refractivity contribution in [3.63, 3.8) is 0 Å². The molecule has 0 radical (unpaired) electrons. The van der Waals surface area contributed by atoms with Gasteiger partial charge in [-0.2, -0.15) is 0 Å². The number of benzene rings is 3. The number of fused-ring (bicyclic) bond motifs is 1. The fourth-order valence-corrected chi connectivity index (χ4v) is 5.74. The molecule has 3 aromatic rings. The van der Waals surface area contributed by atoms with Gasteiger partial charge in [0.1, 0.15) is 18.0 Å². The van der Waals surface area contributed by atoms with Crippen molar-refractivity contribution in [2.75, 3.05) is 6.61 Å². The average Bonchev–Trinajstić information content (AvgIpc) is 3.02. The van der Waals surface area contributed by atoms with Crippen LogP contribution >= 0.6 is 0 Å². The van der Waals surface area contributed by atoms with Crippen molar-refractivity contribution in [2.45, 2.75) is 75.2 Å². The lowest BCUT2D eigenvalue weighted by atomic mass is 9.90. The number of nitrogens with zero attached hydrogens (tertiary/aromatic N) is 1. The Morgan fingerprint density at radius 1 is 0.905 bits per heavy atom. The predicted molar refractivity (Wildman–Crippen MR) is 150 cm³/mol. The summed E-state index contributed by atoms with van der Waals surface area (Å²) in [6.07, 6.45) is 0.463. The lowest BCUT2D eigenvalue weighted by Gasteiger charge is -2.52. The third-order valence-corrected chi connectivity index (χ3v) is 7.91. The van der Waals surface area contributed by atoms with Crippen LogP contribution in [0.4, 0.5) is 5.69 Å². The summed E-state index contributed by atoms with van der Waals surface area (Å²) in [5, 5.41) is 11.2. The molecule has 2 saturated heterocycles. The molecule has 220 valence electrons. The zero-order valence-electron chi connectivity index (χ0n) is 23.0. The Labute approximate surface area is 243 Å². The fraction of sp³-hybridized carbons (Fsp3) is 0.406. The predicted octanol–water partition coefficient (Wildman–Crippen LogP) is 5.59. The minimum Gasteiger partial charge on any atom is -0.462 e. The summed E-state index contributed by atoms with van der Waals surface area (Å²) in [5.74, 6) is -0.945. The van der Waals surface area contributed by atoms with E-state index in [0.29, 0.717) is 11.3 Å². The average molecular weight is 576 g/mol. The van der Waals surface area contributed by atoms with Gasteiger partial charge < -0.3 is 28.4 Å². The van der Waals surface area contributed by atoms with Crippen molar-refractivity contribution in [2.24, 2.45) is 0 Å². The van der Waals surface area contributed by atoms with Gasteiger partial charge in [-0.25, -0.2) is 4.79 Å². The van der Waals surface area contributed by atoms with Crippen molar-refractivity contribution >= 4 is 11.7 Å². The standard InChI is InChI=1S/C32H33NO9/c34-30(23-12-6-2-7-13-23)41-28-27-26(21-38-32(42-27)18-8-3-9-19-32)40-31(29(28)37-20-22-10-4-1-5-11-22)39-25-16-14-24(15-17-25)33(35)36/h1-2,4-7,10-17,26-29,31H,3,8-9,18-21H2/t26-,27-,28+,29+,31-/m1/s1. The second-order valence-corrected chi connectivity index (χ2v) is 10.8. The molecule has 2 aliphatic heterocycles. The molecule has 3 aliphatic rings. The molecule has 1 aliphatic carbocycles. The summed E-state index contributed by atoms with van der Waals surface area (Å²) in [6.45, 7) is 0.434. The van der Waals surface area contributed by atoms with E-state index in [-0.39, 0.29) is 18.9 Å². The fourth-order valence-electron chi connectivity index (χ4n) is 5.74. The highest BCUT2D eigenvalue weighted by Crippen LogP contribution is 2.42. The van der Waals surface area contributed by atoms with Crippen LogP contribution in [0.25, 0.3) is 0 Å². The molecular weight excluding hydrogens is 542 g/mol. The lowest BCUT2D eigenvalue weighted by Crippen LogP contribution is -2.67. The summed E-state index contributed by atoms with van der Waals surface area (Å²) >= 11 is 0. The molecule has 0 amide bonds. The maximum absolute atomic E-state index is 13.4. The topological polar surface area (TPSA) is 116 Å². The largest absolute Gasteiger partial charge is 0.462 e. The minimum absolute atomic E-state index is 0.0645. The van der Waals surface area contributed by atoms with Gasteiger partial charge >= 0.3 is 5.97 Å². The minimum atomic E-state index is -1.03. The molecule has 10 nitrogen and oxygen atoms in total. The molecule has 3 aromatic carbocycles. The summed E-state index contributed by atoms with van der Waals surface area (Å²) in [5.41, 5.74) is 1.25. The monoisotopic (exact) mass is 575 g/mol. The van der Waals surface area contributed by atoms with E-state index >= 15 is 0 Å². The molecule has 0 N–H and O–H groups in total. The van der Waals surface area contributed by atoms with E-state index in [4.69, 9.17) is 28.4 Å². The number of carbonyl (C=O) groups excluding carboxylic acids is 1. The number of hydrogen-bond acceptors (Lipinski definition) is 9. The Balaban J connectivity index is 1.33. The van der Waals surface area contributed by atoms with Crippen LogP contribution in [0.5, 0.6) is 5.75 Å². The number of carbonyl (C=O) groups is 1.